The Morgan fingerprint density at radius 2 is 1.19 bits per heavy atom. The van der Waals surface area contributed by atoms with Gasteiger partial charge in [-0.15, -0.1) is 0 Å². The Morgan fingerprint density at radius 3 is 1.74 bits per heavy atom. The third-order valence-corrected chi connectivity index (χ3v) is 9.80. The zero-order chi connectivity index (χ0) is 30.8. The van der Waals surface area contributed by atoms with Gasteiger partial charge in [0, 0.05) is 10.5 Å². The molecule has 1 heterocycles. The second kappa shape index (κ2) is 16.9. The molecule has 0 spiro atoms. The van der Waals surface area contributed by atoms with Crippen molar-refractivity contribution in [3.8, 4) is 4.90 Å². The zero-order valence-corrected chi connectivity index (χ0v) is 28.6. The van der Waals surface area contributed by atoms with Crippen molar-refractivity contribution in [1.82, 2.24) is 0 Å². The summed E-state index contributed by atoms with van der Waals surface area (Å²) in [7, 11) is -0.244. The van der Waals surface area contributed by atoms with E-state index in [-0.39, 0.29) is 20.6 Å². The molecule has 1 atom stereocenters. The molecule has 0 aliphatic carbocycles. The van der Waals surface area contributed by atoms with Gasteiger partial charge < -0.3 is 4.70 Å². The first-order valence-electron chi connectivity index (χ1n) is 15.1. The van der Waals surface area contributed by atoms with Gasteiger partial charge in [0.05, 0.1) is 10.8 Å². The SMILES string of the molecule is CCCCCCCCCCCCc1ccc(-[s+]2c3ccccc3c(=O)c3cc(C(C)C)ccc32)cc1.[F-].[F][Sb]([F])([F])([F])[F]. The fourth-order valence-corrected chi connectivity index (χ4v) is 7.54. The van der Waals surface area contributed by atoms with E-state index in [1.165, 1.54) is 84.9 Å². The van der Waals surface area contributed by atoms with Gasteiger partial charge in [-0.2, -0.15) is 0 Å². The first-order chi connectivity index (χ1) is 19.8. The Morgan fingerprint density at radius 1 is 0.674 bits per heavy atom. The Bertz CT molecular complexity index is 1480. The maximum atomic E-state index is 13.4. The van der Waals surface area contributed by atoms with E-state index < -0.39 is 20.3 Å². The summed E-state index contributed by atoms with van der Waals surface area (Å²) >= 11 is -9.19. The summed E-state index contributed by atoms with van der Waals surface area (Å²) in [6, 6.07) is 24.0. The fraction of sp³-hybridized carbons (Fsp3) is 0.441. The van der Waals surface area contributed by atoms with Gasteiger partial charge in [-0.1, -0.05) is 109 Å². The standard InChI is InChI=1S/C34H43OS.6FH.Sb/c1-4-5-6-7-8-9-10-11-12-13-16-27-19-22-29(23-20-27)36-32-18-15-14-17-30(32)34(35)31-25-28(26(2)3)21-24-33(31)36;;;;;;;/h14-15,17-26H,4-13,16H2,1-3H3;6*1H;/q+1;;;;;;;+5/p-6. The number of hydrogen-bond donors (Lipinski definition) is 0. The molecule has 4 aromatic rings. The second-order valence-electron chi connectivity index (χ2n) is 11.3. The zero-order valence-electron chi connectivity index (χ0n) is 25.2. The predicted molar refractivity (Wildman–Crippen MR) is 172 cm³/mol. The van der Waals surface area contributed by atoms with Crippen molar-refractivity contribution in [2.24, 2.45) is 0 Å². The van der Waals surface area contributed by atoms with Crippen molar-refractivity contribution in [3.63, 3.8) is 0 Å². The molecule has 0 saturated heterocycles. The molecule has 0 saturated carbocycles. The molecular weight excluding hydrogens is 692 g/mol. The van der Waals surface area contributed by atoms with Crippen LogP contribution in [-0.4, -0.2) is 20.3 Å². The topological polar surface area (TPSA) is 17.1 Å². The minimum absolute atomic E-state index is 0. The van der Waals surface area contributed by atoms with Gasteiger partial charge in [-0.3, -0.25) is 4.79 Å². The molecule has 0 aliphatic rings. The van der Waals surface area contributed by atoms with Crippen LogP contribution in [0.4, 0.5) is 14.1 Å². The van der Waals surface area contributed by atoms with Crippen LogP contribution in [0.25, 0.3) is 25.1 Å². The number of benzene rings is 3. The molecule has 1 unspecified atom stereocenters. The van der Waals surface area contributed by atoms with E-state index in [9.17, 15) is 18.9 Å². The Kier molecular flexibility index (Phi) is 14.6. The molecule has 1 aromatic heterocycles. The quantitative estimate of drug-likeness (QED) is 0.0440. The van der Waals surface area contributed by atoms with Gasteiger partial charge in [0.2, 0.25) is 5.43 Å². The van der Waals surface area contributed by atoms with Crippen LogP contribution in [0.1, 0.15) is 102 Å². The molecule has 0 fully saturated rings. The second-order valence-corrected chi connectivity index (χ2v) is 16.9. The molecule has 3 aromatic carbocycles. The fourth-order valence-electron chi connectivity index (χ4n) is 5.22. The van der Waals surface area contributed by atoms with E-state index in [1.807, 2.05) is 12.1 Å². The van der Waals surface area contributed by atoms with Crippen LogP contribution in [0.2, 0.25) is 0 Å². The summed E-state index contributed by atoms with van der Waals surface area (Å²) in [5.41, 5.74) is 2.83. The van der Waals surface area contributed by atoms with Crippen molar-refractivity contribution >= 4 is 50.9 Å². The molecule has 4 rings (SSSR count). The molecule has 1 nitrogen and oxygen atoms in total. The van der Waals surface area contributed by atoms with E-state index in [0.29, 0.717) is 5.92 Å². The van der Waals surface area contributed by atoms with Crippen LogP contribution in [0.3, 0.4) is 0 Å². The van der Waals surface area contributed by atoms with E-state index >= 15 is 0 Å². The minimum atomic E-state index is -9.19. The van der Waals surface area contributed by atoms with E-state index in [1.54, 1.807) is 0 Å². The van der Waals surface area contributed by atoms with E-state index in [0.717, 1.165) is 21.9 Å². The van der Waals surface area contributed by atoms with Crippen LogP contribution < -0.4 is 10.1 Å². The summed E-state index contributed by atoms with van der Waals surface area (Å²) in [4.78, 5) is 14.7. The van der Waals surface area contributed by atoms with Gasteiger partial charge in [0.15, 0.2) is 14.3 Å². The van der Waals surface area contributed by atoms with Gasteiger partial charge in [-0.25, -0.2) is 0 Å². The van der Waals surface area contributed by atoms with Gasteiger partial charge in [0.1, 0.15) is 0 Å². The Balaban J connectivity index is 0.000000837. The molecule has 0 N–H and O–H groups in total. The van der Waals surface area contributed by atoms with Crippen molar-refractivity contribution in [2.75, 3.05) is 0 Å². The van der Waals surface area contributed by atoms with Crippen LogP contribution in [0.15, 0.2) is 71.5 Å². The number of unbranched alkanes of at least 4 members (excludes halogenated alkanes) is 9. The molecule has 0 bridgehead atoms. The molecule has 238 valence electrons. The molecule has 0 aliphatic heterocycles. The predicted octanol–water partition coefficient (Wildman–Crippen LogP) is 9.40. The first kappa shape index (κ1) is 37.1. The van der Waals surface area contributed by atoms with Crippen LogP contribution >= 0.6 is 10.5 Å². The number of aryl methyl sites for hydroxylation is 1. The molecule has 0 amide bonds. The average Bonchev–Trinajstić information content (AvgIpc) is 2.93. The molecule has 0 radical (unpaired) electrons. The summed E-state index contributed by atoms with van der Waals surface area (Å²) in [6.45, 7) is 6.67. The first-order valence-corrected chi connectivity index (χ1v) is 21.1. The van der Waals surface area contributed by atoms with Crippen LogP contribution in [-0.2, 0) is 6.42 Å². The van der Waals surface area contributed by atoms with Crippen LogP contribution in [0.5, 0.6) is 0 Å². The molecule has 43 heavy (non-hydrogen) atoms. The van der Waals surface area contributed by atoms with Gasteiger partial charge in [0.25, 0.3) is 0 Å². The maximum absolute atomic E-state index is 13.4. The number of fused-ring (bicyclic) bond motifs is 2. The number of rotatable bonds is 13. The number of halogens is 6. The van der Waals surface area contributed by atoms with Gasteiger partial charge in [-0.05, 0) is 66.3 Å². The van der Waals surface area contributed by atoms with E-state index in [4.69, 9.17) is 0 Å². The molecule has 9 heteroatoms. The number of hydrogen-bond acceptors (Lipinski definition) is 1. The van der Waals surface area contributed by atoms with E-state index in [2.05, 4.69) is 75.4 Å². The van der Waals surface area contributed by atoms with Crippen molar-refractivity contribution in [2.45, 2.75) is 97.3 Å². The third-order valence-electron chi connectivity index (χ3n) is 7.46. The normalized spacial score (nSPS) is 12.9. The summed E-state index contributed by atoms with van der Waals surface area (Å²) < 4.78 is 51.9. The Hall–Kier alpha value is -2.05. The Labute approximate surface area is 258 Å². The van der Waals surface area contributed by atoms with Crippen LogP contribution in [0, 0.1) is 0 Å². The van der Waals surface area contributed by atoms with Gasteiger partial charge >= 0.3 is 34.4 Å². The van der Waals surface area contributed by atoms with Crippen molar-refractivity contribution in [3.05, 3.63) is 88.1 Å². The van der Waals surface area contributed by atoms with Crippen molar-refractivity contribution < 1.29 is 18.8 Å². The monoisotopic (exact) mass is 734 g/mol. The average molecular weight is 736 g/mol. The summed E-state index contributed by atoms with van der Waals surface area (Å²) in [5.74, 6) is 0.409. The summed E-state index contributed by atoms with van der Waals surface area (Å²) in [5, 5.41) is 1.75. The van der Waals surface area contributed by atoms with Crippen molar-refractivity contribution in [1.29, 1.82) is 0 Å². The third kappa shape index (κ3) is 12.5. The molecular formula is C34H43F6OSSb. The summed E-state index contributed by atoms with van der Waals surface area (Å²) in [6.07, 6.45) is 14.9.